The number of rotatable bonds is 3. The molecule has 3 atom stereocenters. The van der Waals surface area contributed by atoms with Crippen molar-refractivity contribution in [3.8, 4) is 11.8 Å². The zero-order chi connectivity index (χ0) is 21.5. The molecule has 2 heterocycles. The van der Waals surface area contributed by atoms with Crippen molar-refractivity contribution in [3.05, 3.63) is 76.4 Å². The molecule has 0 amide bonds. The van der Waals surface area contributed by atoms with Crippen LogP contribution in [0.3, 0.4) is 0 Å². The summed E-state index contributed by atoms with van der Waals surface area (Å²) < 4.78 is 10.8. The van der Waals surface area contributed by atoms with Gasteiger partial charge in [0, 0.05) is 18.0 Å². The summed E-state index contributed by atoms with van der Waals surface area (Å²) in [7, 11) is 1.37. The van der Waals surface area contributed by atoms with Crippen LogP contribution in [0, 0.1) is 24.2 Å². The molecule has 0 bridgehead atoms. The van der Waals surface area contributed by atoms with Gasteiger partial charge in [0.2, 0.25) is 0 Å². The Bertz CT molecular complexity index is 1160. The fourth-order valence-corrected chi connectivity index (χ4v) is 4.78. The van der Waals surface area contributed by atoms with Crippen molar-refractivity contribution < 1.29 is 14.3 Å². The van der Waals surface area contributed by atoms with E-state index in [1.54, 1.807) is 12.1 Å². The maximum Gasteiger partial charge on any atom is 0.337 e. The lowest BCUT2D eigenvalue weighted by molar-refractivity contribution is 0.0600. The van der Waals surface area contributed by atoms with Crippen molar-refractivity contribution in [2.75, 3.05) is 20.3 Å². The number of hydrogen-bond donors (Lipinski definition) is 0. The summed E-state index contributed by atoms with van der Waals surface area (Å²) in [5.74, 6) is 0.753. The molecule has 5 rings (SSSR count). The second-order valence-corrected chi connectivity index (χ2v) is 8.26. The molecule has 0 fully saturated rings. The molecule has 0 spiro atoms. The minimum Gasteiger partial charge on any atom is -0.492 e. The third-order valence-corrected chi connectivity index (χ3v) is 6.42. The molecule has 0 N–H and O–H groups in total. The fourth-order valence-electron chi connectivity index (χ4n) is 4.78. The summed E-state index contributed by atoms with van der Waals surface area (Å²) in [6, 6.07) is 14.0. The summed E-state index contributed by atoms with van der Waals surface area (Å²) in [6.07, 6.45) is 5.40. The molecule has 2 aliphatic heterocycles. The Kier molecular flexibility index (Phi) is 4.74. The molecule has 0 saturated carbocycles. The molecule has 3 aliphatic rings. The van der Waals surface area contributed by atoms with E-state index in [-0.39, 0.29) is 23.8 Å². The minimum absolute atomic E-state index is 0.209. The second kappa shape index (κ2) is 7.59. The maximum absolute atomic E-state index is 11.8. The number of carbonyl (C=O) groups is 1. The first-order valence-electron chi connectivity index (χ1n) is 10.5. The predicted octanol–water partition coefficient (Wildman–Crippen LogP) is 3.79. The minimum atomic E-state index is -0.374. The topological polar surface area (TPSA) is 74.9 Å². The van der Waals surface area contributed by atoms with Gasteiger partial charge in [0.1, 0.15) is 5.75 Å². The summed E-state index contributed by atoms with van der Waals surface area (Å²) >= 11 is 0. The van der Waals surface area contributed by atoms with Gasteiger partial charge in [0.25, 0.3) is 0 Å². The van der Waals surface area contributed by atoms with Crippen molar-refractivity contribution in [2.45, 2.75) is 25.3 Å². The van der Waals surface area contributed by atoms with Crippen LogP contribution in [0.25, 0.3) is 0 Å². The molecule has 3 unspecified atom stereocenters. The fraction of sp³-hybridized carbons (Fsp3) is 0.320. The highest BCUT2D eigenvalue weighted by molar-refractivity contribution is 6.07. The SMILES string of the molecule is COC(=O)c1ccc2c(c1)OCC1CN(C3CC=CC3c3ccc(C#N)c(C)c3)N=C21. The van der Waals surface area contributed by atoms with Gasteiger partial charge in [-0.2, -0.15) is 10.4 Å². The highest BCUT2D eigenvalue weighted by Crippen LogP contribution is 2.39. The lowest BCUT2D eigenvalue weighted by Gasteiger charge is -2.29. The zero-order valence-electron chi connectivity index (χ0n) is 17.5. The standard InChI is InChI=1S/C25H23N3O3/c1-15-10-16(6-7-18(15)12-26)20-4-3-5-22(20)28-13-19-14-31-23-11-17(25(29)30-2)8-9-21(23)24(19)27-28/h3-4,6-11,19-20,22H,5,13-14H2,1-2H3. The number of carbonyl (C=O) groups excluding carboxylic acids is 1. The Morgan fingerprint density at radius 3 is 2.94 bits per heavy atom. The van der Waals surface area contributed by atoms with Gasteiger partial charge < -0.3 is 9.47 Å². The Morgan fingerprint density at radius 1 is 1.29 bits per heavy atom. The average Bonchev–Trinajstić information content (AvgIpc) is 3.45. The Labute approximate surface area is 181 Å². The molecule has 2 aromatic rings. The molecule has 156 valence electrons. The van der Waals surface area contributed by atoms with E-state index in [1.165, 1.54) is 12.7 Å². The predicted molar refractivity (Wildman–Crippen MR) is 116 cm³/mol. The lowest BCUT2D eigenvalue weighted by atomic mass is 9.91. The zero-order valence-corrected chi connectivity index (χ0v) is 17.5. The number of nitriles is 1. The van der Waals surface area contributed by atoms with E-state index < -0.39 is 0 Å². The van der Waals surface area contributed by atoms with Gasteiger partial charge in [0.15, 0.2) is 0 Å². The monoisotopic (exact) mass is 413 g/mol. The van der Waals surface area contributed by atoms with Gasteiger partial charge in [0.05, 0.1) is 48.6 Å². The molecular weight excluding hydrogens is 390 g/mol. The Morgan fingerprint density at radius 2 is 2.16 bits per heavy atom. The molecular formula is C25H23N3O3. The van der Waals surface area contributed by atoms with Gasteiger partial charge in [-0.15, -0.1) is 0 Å². The van der Waals surface area contributed by atoms with Crippen molar-refractivity contribution >= 4 is 11.7 Å². The highest BCUT2D eigenvalue weighted by atomic mass is 16.5. The van der Waals surface area contributed by atoms with Gasteiger partial charge >= 0.3 is 5.97 Å². The van der Waals surface area contributed by atoms with Crippen molar-refractivity contribution in [2.24, 2.45) is 11.0 Å². The van der Waals surface area contributed by atoms with Gasteiger partial charge in [-0.3, -0.25) is 5.01 Å². The third kappa shape index (κ3) is 3.27. The first-order chi connectivity index (χ1) is 15.1. The highest BCUT2D eigenvalue weighted by Gasteiger charge is 2.39. The van der Waals surface area contributed by atoms with Crippen LogP contribution in [0.1, 0.15) is 45.0 Å². The van der Waals surface area contributed by atoms with Crippen LogP contribution in [-0.2, 0) is 4.74 Å². The Balaban J connectivity index is 1.43. The summed E-state index contributed by atoms with van der Waals surface area (Å²) in [5, 5.41) is 16.5. The molecule has 6 heteroatoms. The molecule has 2 aromatic carbocycles. The first kappa shape index (κ1) is 19.4. The number of aryl methyl sites for hydroxylation is 1. The molecule has 31 heavy (non-hydrogen) atoms. The van der Waals surface area contributed by atoms with Gasteiger partial charge in [-0.25, -0.2) is 4.79 Å². The van der Waals surface area contributed by atoms with Crippen molar-refractivity contribution in [3.63, 3.8) is 0 Å². The quantitative estimate of drug-likeness (QED) is 0.565. The van der Waals surface area contributed by atoms with E-state index in [0.29, 0.717) is 17.9 Å². The van der Waals surface area contributed by atoms with Crippen LogP contribution in [-0.4, -0.2) is 43.0 Å². The summed E-state index contributed by atoms with van der Waals surface area (Å²) in [5.41, 5.74) is 5.39. The van der Waals surface area contributed by atoms with Crippen molar-refractivity contribution in [1.29, 1.82) is 5.26 Å². The molecule has 0 radical (unpaired) electrons. The molecule has 0 aromatic heterocycles. The maximum atomic E-state index is 11.8. The van der Waals surface area contributed by atoms with E-state index in [0.717, 1.165) is 35.4 Å². The van der Waals surface area contributed by atoms with E-state index in [4.69, 9.17) is 14.6 Å². The number of methoxy groups -OCH3 is 1. The number of nitrogens with zero attached hydrogens (tertiary/aromatic N) is 3. The summed E-state index contributed by atoms with van der Waals surface area (Å²) in [4.78, 5) is 11.8. The number of hydrogen-bond acceptors (Lipinski definition) is 6. The smallest absolute Gasteiger partial charge is 0.337 e. The molecule has 1 aliphatic carbocycles. The third-order valence-electron chi connectivity index (χ3n) is 6.42. The second-order valence-electron chi connectivity index (χ2n) is 8.26. The normalized spacial score (nSPS) is 23.5. The average molecular weight is 413 g/mol. The number of ether oxygens (including phenoxy) is 2. The van der Waals surface area contributed by atoms with E-state index in [1.807, 2.05) is 19.1 Å². The van der Waals surface area contributed by atoms with Gasteiger partial charge in [-0.1, -0.05) is 24.3 Å². The van der Waals surface area contributed by atoms with Crippen LogP contribution < -0.4 is 4.74 Å². The van der Waals surface area contributed by atoms with Crippen LogP contribution in [0.4, 0.5) is 0 Å². The number of esters is 1. The number of benzene rings is 2. The summed E-state index contributed by atoms with van der Waals surface area (Å²) in [6.45, 7) is 3.34. The number of hydrazone groups is 1. The molecule has 0 saturated heterocycles. The number of fused-ring (bicyclic) bond motifs is 3. The largest absolute Gasteiger partial charge is 0.492 e. The van der Waals surface area contributed by atoms with E-state index >= 15 is 0 Å². The first-order valence-corrected chi connectivity index (χ1v) is 10.5. The molecule has 6 nitrogen and oxygen atoms in total. The van der Waals surface area contributed by atoms with Crippen LogP contribution in [0.5, 0.6) is 5.75 Å². The van der Waals surface area contributed by atoms with Gasteiger partial charge in [-0.05, 0) is 48.7 Å². The van der Waals surface area contributed by atoms with Crippen LogP contribution in [0.15, 0.2) is 53.7 Å². The van der Waals surface area contributed by atoms with Crippen molar-refractivity contribution in [1.82, 2.24) is 5.01 Å². The van der Waals surface area contributed by atoms with Crippen LogP contribution >= 0.6 is 0 Å². The lowest BCUT2D eigenvalue weighted by Crippen LogP contribution is -2.35. The Hall–Kier alpha value is -3.59. The van der Waals surface area contributed by atoms with Crippen LogP contribution in [0.2, 0.25) is 0 Å². The van der Waals surface area contributed by atoms with E-state index in [2.05, 4.69) is 35.4 Å². The van der Waals surface area contributed by atoms with E-state index in [9.17, 15) is 10.1 Å².